The fraction of sp³-hybridized carbons (Fsp3) is 0.125. The van der Waals surface area contributed by atoms with Gasteiger partial charge in [-0.25, -0.2) is 0 Å². The van der Waals surface area contributed by atoms with Crippen molar-refractivity contribution in [3.05, 3.63) is 29.8 Å². The Balaban J connectivity index is 2.78. The van der Waals surface area contributed by atoms with Crippen LogP contribution in [0.5, 0.6) is 0 Å². The van der Waals surface area contributed by atoms with Gasteiger partial charge in [-0.1, -0.05) is 29.5 Å². The maximum absolute atomic E-state index is 10.0. The average Bonchev–Trinajstić information content (AvgIpc) is 1.95. The predicted octanol–water partition coefficient (Wildman–Crippen LogP) is 2.28. The molecule has 1 nitrogen and oxygen atoms in total. The average molecular weight is 152 g/mol. The molecular formula is C8H8OS. The van der Waals surface area contributed by atoms with Gasteiger partial charge in [0.1, 0.15) is 0 Å². The highest BCUT2D eigenvalue weighted by Crippen LogP contribution is 2.14. The molecule has 52 valence electrons. The summed E-state index contributed by atoms with van der Waals surface area (Å²) < 4.78 is 0. The number of hydrogen-bond acceptors (Lipinski definition) is 2. The van der Waals surface area contributed by atoms with Gasteiger partial charge < -0.3 is 0 Å². The van der Waals surface area contributed by atoms with Gasteiger partial charge in [-0.05, 0) is 19.1 Å². The standard InChI is InChI=1S/C8H8OS/c1-7-2-4-8(5-3-7)10-6-9/h2-6H,1H3. The molecule has 0 N–H and O–H groups in total. The molecule has 1 rings (SSSR count). The minimum atomic E-state index is 0.838. The van der Waals surface area contributed by atoms with Crippen molar-refractivity contribution in [1.82, 2.24) is 0 Å². The normalized spacial score (nSPS) is 9.30. The Hall–Kier alpha value is -0.760. The molecule has 2 heteroatoms. The van der Waals surface area contributed by atoms with Crippen molar-refractivity contribution in [2.24, 2.45) is 0 Å². The molecule has 0 saturated carbocycles. The van der Waals surface area contributed by atoms with E-state index >= 15 is 0 Å². The minimum absolute atomic E-state index is 0.838. The molecule has 0 heterocycles. The molecule has 0 atom stereocenters. The van der Waals surface area contributed by atoms with Crippen LogP contribution in [0.1, 0.15) is 5.56 Å². The molecule has 0 spiro atoms. The molecule has 0 saturated heterocycles. The van der Waals surface area contributed by atoms with Crippen LogP contribution in [0.4, 0.5) is 0 Å². The fourth-order valence-electron chi connectivity index (χ4n) is 0.672. The Morgan fingerprint density at radius 1 is 1.30 bits per heavy atom. The zero-order valence-corrected chi connectivity index (χ0v) is 6.52. The molecule has 0 aromatic heterocycles. The Labute approximate surface area is 64.4 Å². The highest BCUT2D eigenvalue weighted by atomic mass is 32.2. The van der Waals surface area contributed by atoms with E-state index in [1.165, 1.54) is 17.3 Å². The van der Waals surface area contributed by atoms with Crippen molar-refractivity contribution in [2.75, 3.05) is 0 Å². The summed E-state index contributed by atoms with van der Waals surface area (Å²) >= 11 is 1.20. The van der Waals surface area contributed by atoms with Crippen LogP contribution in [-0.2, 0) is 4.79 Å². The summed E-state index contributed by atoms with van der Waals surface area (Å²) in [5.74, 6) is 0. The van der Waals surface area contributed by atoms with Crippen molar-refractivity contribution < 1.29 is 4.79 Å². The lowest BCUT2D eigenvalue weighted by Gasteiger charge is -1.93. The van der Waals surface area contributed by atoms with Crippen LogP contribution < -0.4 is 0 Å². The first kappa shape index (κ1) is 7.35. The topological polar surface area (TPSA) is 17.1 Å². The SMILES string of the molecule is Cc1ccc(SC=O)cc1. The first-order valence-corrected chi connectivity index (χ1v) is 3.88. The van der Waals surface area contributed by atoms with Crippen LogP contribution in [0, 0.1) is 6.92 Å². The number of thioether (sulfide) groups is 1. The summed E-state index contributed by atoms with van der Waals surface area (Å²) in [7, 11) is 0. The Morgan fingerprint density at radius 3 is 2.40 bits per heavy atom. The van der Waals surface area contributed by atoms with Crippen LogP contribution in [0.25, 0.3) is 0 Å². The lowest BCUT2D eigenvalue weighted by molar-refractivity contribution is 0.570. The van der Waals surface area contributed by atoms with Gasteiger partial charge in [0.2, 0.25) is 0 Å². The molecule has 0 fully saturated rings. The van der Waals surface area contributed by atoms with Gasteiger partial charge in [0.25, 0.3) is 0 Å². The molecule has 0 radical (unpaired) electrons. The van der Waals surface area contributed by atoms with Crippen molar-refractivity contribution in [1.29, 1.82) is 0 Å². The van der Waals surface area contributed by atoms with E-state index in [4.69, 9.17) is 0 Å². The maximum atomic E-state index is 10.0. The molecule has 0 amide bonds. The summed E-state index contributed by atoms with van der Waals surface area (Å²) in [4.78, 5) is 11.0. The monoisotopic (exact) mass is 152 g/mol. The van der Waals surface area contributed by atoms with Crippen LogP contribution in [0.2, 0.25) is 0 Å². The molecular weight excluding hydrogens is 144 g/mol. The van der Waals surface area contributed by atoms with Gasteiger partial charge in [-0.3, -0.25) is 4.79 Å². The maximum Gasteiger partial charge on any atom is 0.180 e. The molecule has 10 heavy (non-hydrogen) atoms. The zero-order chi connectivity index (χ0) is 7.40. The quantitative estimate of drug-likeness (QED) is 0.477. The summed E-state index contributed by atoms with van der Waals surface area (Å²) in [6, 6.07) is 7.86. The van der Waals surface area contributed by atoms with E-state index in [-0.39, 0.29) is 0 Å². The van der Waals surface area contributed by atoms with E-state index in [0.717, 1.165) is 10.5 Å². The third-order valence-corrected chi connectivity index (χ3v) is 1.85. The molecule has 1 aromatic carbocycles. The van der Waals surface area contributed by atoms with Gasteiger partial charge in [0, 0.05) is 4.90 Å². The van der Waals surface area contributed by atoms with E-state index in [1.54, 1.807) is 0 Å². The van der Waals surface area contributed by atoms with E-state index < -0.39 is 0 Å². The molecule has 0 aliphatic carbocycles. The number of benzene rings is 1. The van der Waals surface area contributed by atoms with Gasteiger partial charge >= 0.3 is 0 Å². The molecule has 0 unspecified atom stereocenters. The molecule has 0 bridgehead atoms. The van der Waals surface area contributed by atoms with Crippen LogP contribution in [0.3, 0.4) is 0 Å². The Bertz CT molecular complexity index is 215. The van der Waals surface area contributed by atoms with Crippen LogP contribution in [-0.4, -0.2) is 5.62 Å². The van der Waals surface area contributed by atoms with Gasteiger partial charge in [0.05, 0.1) is 0 Å². The lowest BCUT2D eigenvalue weighted by Crippen LogP contribution is -1.71. The molecule has 0 aliphatic heterocycles. The summed E-state index contributed by atoms with van der Waals surface area (Å²) in [5, 5.41) is 0. The van der Waals surface area contributed by atoms with Crippen LogP contribution in [0.15, 0.2) is 29.2 Å². The number of hydrogen-bond donors (Lipinski definition) is 0. The molecule has 1 aromatic rings. The van der Waals surface area contributed by atoms with Crippen LogP contribution >= 0.6 is 11.8 Å². The Kier molecular flexibility index (Phi) is 2.51. The predicted molar refractivity (Wildman–Crippen MR) is 43.8 cm³/mol. The van der Waals surface area contributed by atoms with Crippen molar-refractivity contribution in [3.8, 4) is 0 Å². The lowest BCUT2D eigenvalue weighted by atomic mass is 10.2. The second-order valence-corrected chi connectivity index (χ2v) is 2.93. The minimum Gasteiger partial charge on any atom is -0.291 e. The third kappa shape index (κ3) is 1.88. The number of rotatable bonds is 2. The summed E-state index contributed by atoms with van der Waals surface area (Å²) in [5.41, 5.74) is 2.06. The Morgan fingerprint density at radius 2 is 1.90 bits per heavy atom. The second-order valence-electron chi connectivity index (χ2n) is 2.03. The summed E-state index contributed by atoms with van der Waals surface area (Å²) in [6.45, 7) is 2.02. The highest BCUT2D eigenvalue weighted by Gasteiger charge is 1.88. The van der Waals surface area contributed by atoms with Crippen molar-refractivity contribution in [2.45, 2.75) is 11.8 Å². The van der Waals surface area contributed by atoms with Gasteiger partial charge in [-0.2, -0.15) is 0 Å². The largest absolute Gasteiger partial charge is 0.291 e. The number of carbonyl (C=O) groups is 1. The number of aryl methyl sites for hydroxylation is 1. The smallest absolute Gasteiger partial charge is 0.180 e. The zero-order valence-electron chi connectivity index (χ0n) is 5.70. The first-order chi connectivity index (χ1) is 4.83. The van der Waals surface area contributed by atoms with Crippen molar-refractivity contribution in [3.63, 3.8) is 0 Å². The van der Waals surface area contributed by atoms with Gasteiger partial charge in [-0.15, -0.1) is 0 Å². The number of carbonyl (C=O) groups excluding carboxylic acids is 1. The second kappa shape index (κ2) is 3.42. The first-order valence-electron chi connectivity index (χ1n) is 3.00. The van der Waals surface area contributed by atoms with Crippen molar-refractivity contribution >= 4 is 17.4 Å². The fourth-order valence-corrected chi connectivity index (χ4v) is 1.08. The van der Waals surface area contributed by atoms with E-state index in [9.17, 15) is 4.79 Å². The van der Waals surface area contributed by atoms with E-state index in [2.05, 4.69) is 0 Å². The molecule has 0 aliphatic rings. The van der Waals surface area contributed by atoms with E-state index in [1.807, 2.05) is 31.2 Å². The third-order valence-electron chi connectivity index (χ3n) is 1.21. The van der Waals surface area contributed by atoms with Gasteiger partial charge in [0.15, 0.2) is 5.62 Å². The highest BCUT2D eigenvalue weighted by molar-refractivity contribution is 8.11. The summed E-state index contributed by atoms with van der Waals surface area (Å²) in [6.07, 6.45) is 0. The van der Waals surface area contributed by atoms with E-state index in [0.29, 0.717) is 0 Å².